The second-order valence-electron chi connectivity index (χ2n) is 3.78. The first-order valence-corrected chi connectivity index (χ1v) is 5.56. The van der Waals surface area contributed by atoms with Crippen LogP contribution in [0.1, 0.15) is 23.2 Å². The molecule has 0 spiro atoms. The lowest BCUT2D eigenvalue weighted by molar-refractivity contribution is 0.0994. The summed E-state index contributed by atoms with van der Waals surface area (Å²) in [5, 5.41) is 2.40. The average Bonchev–Trinajstić information content (AvgIpc) is 2.82. The third-order valence-electron chi connectivity index (χ3n) is 2.52. The predicted octanol–water partition coefficient (Wildman–Crippen LogP) is 2.82. The predicted molar refractivity (Wildman–Crippen MR) is 66.9 cm³/mol. The van der Waals surface area contributed by atoms with Crippen molar-refractivity contribution in [3.05, 3.63) is 47.7 Å². The summed E-state index contributed by atoms with van der Waals surface area (Å²) in [6, 6.07) is 7.47. The average molecular weight is 248 g/mol. The molecule has 0 radical (unpaired) electrons. The van der Waals surface area contributed by atoms with Crippen molar-refractivity contribution in [2.45, 2.75) is 13.3 Å². The van der Waals surface area contributed by atoms with Crippen LogP contribution >= 0.6 is 0 Å². The van der Waals surface area contributed by atoms with Gasteiger partial charge in [0, 0.05) is 6.42 Å². The molecule has 2 rings (SSSR count). The van der Waals surface area contributed by atoms with Crippen LogP contribution in [0.4, 0.5) is 15.8 Å². The lowest BCUT2D eigenvalue weighted by Crippen LogP contribution is -2.13. The van der Waals surface area contributed by atoms with Crippen molar-refractivity contribution in [3.63, 3.8) is 0 Å². The molecule has 0 atom stereocenters. The Balaban J connectivity index is 2.21. The topological polar surface area (TPSA) is 68.3 Å². The van der Waals surface area contributed by atoms with E-state index in [2.05, 4.69) is 5.32 Å². The Morgan fingerprint density at radius 3 is 2.78 bits per heavy atom. The maximum atomic E-state index is 13.5. The number of benzene rings is 1. The van der Waals surface area contributed by atoms with E-state index < -0.39 is 11.7 Å². The summed E-state index contributed by atoms with van der Waals surface area (Å²) < 4.78 is 18.7. The van der Waals surface area contributed by atoms with Gasteiger partial charge in [0.1, 0.15) is 17.3 Å². The molecule has 0 aliphatic heterocycles. The quantitative estimate of drug-likeness (QED) is 0.820. The van der Waals surface area contributed by atoms with Crippen LogP contribution in [-0.2, 0) is 6.42 Å². The number of furan rings is 1. The van der Waals surface area contributed by atoms with Gasteiger partial charge < -0.3 is 15.5 Å². The van der Waals surface area contributed by atoms with Crippen LogP contribution in [0.2, 0.25) is 0 Å². The lowest BCUT2D eigenvalue weighted by atomic mass is 10.2. The fraction of sp³-hybridized carbons (Fsp3) is 0.154. The number of nitrogen functional groups attached to an aromatic ring is 1. The second-order valence-corrected chi connectivity index (χ2v) is 3.78. The molecule has 1 heterocycles. The van der Waals surface area contributed by atoms with Crippen LogP contribution in [0.5, 0.6) is 0 Å². The second kappa shape index (κ2) is 4.91. The van der Waals surface area contributed by atoms with Gasteiger partial charge in [-0.25, -0.2) is 4.39 Å². The zero-order chi connectivity index (χ0) is 13.1. The van der Waals surface area contributed by atoms with Gasteiger partial charge >= 0.3 is 0 Å². The highest BCUT2D eigenvalue weighted by atomic mass is 19.1. The summed E-state index contributed by atoms with van der Waals surface area (Å²) in [7, 11) is 0. The summed E-state index contributed by atoms with van der Waals surface area (Å²) in [6.45, 7) is 1.91. The van der Waals surface area contributed by atoms with Gasteiger partial charge in [-0.05, 0) is 24.3 Å². The van der Waals surface area contributed by atoms with E-state index in [9.17, 15) is 9.18 Å². The Kier molecular flexibility index (Phi) is 3.32. The molecule has 1 aromatic carbocycles. The summed E-state index contributed by atoms with van der Waals surface area (Å²) >= 11 is 0. The van der Waals surface area contributed by atoms with Gasteiger partial charge in [0.05, 0.1) is 5.69 Å². The lowest BCUT2D eigenvalue weighted by Gasteiger charge is -2.07. The van der Waals surface area contributed by atoms with Gasteiger partial charge in [0.15, 0.2) is 5.76 Å². The highest BCUT2D eigenvalue weighted by molar-refractivity contribution is 6.04. The van der Waals surface area contributed by atoms with Crippen LogP contribution in [0.15, 0.2) is 34.7 Å². The number of hydrogen-bond acceptors (Lipinski definition) is 3. The molecule has 1 aromatic heterocycles. The molecular formula is C13H13FN2O2. The van der Waals surface area contributed by atoms with Crippen molar-refractivity contribution >= 4 is 17.3 Å². The summed E-state index contributed by atoms with van der Waals surface area (Å²) in [5.41, 5.74) is 5.74. The number of hydrogen-bond donors (Lipinski definition) is 2. The number of amides is 1. The van der Waals surface area contributed by atoms with E-state index >= 15 is 0 Å². The van der Waals surface area contributed by atoms with E-state index in [0.717, 1.165) is 0 Å². The van der Waals surface area contributed by atoms with Crippen LogP contribution in [0, 0.1) is 5.82 Å². The van der Waals surface area contributed by atoms with Gasteiger partial charge in [-0.15, -0.1) is 0 Å². The molecule has 0 saturated heterocycles. The van der Waals surface area contributed by atoms with Gasteiger partial charge in [-0.1, -0.05) is 13.0 Å². The summed E-state index contributed by atoms with van der Waals surface area (Å²) in [6.07, 6.45) is 0.690. The van der Waals surface area contributed by atoms with Crippen molar-refractivity contribution in [2.24, 2.45) is 0 Å². The van der Waals surface area contributed by atoms with Crippen LogP contribution < -0.4 is 11.1 Å². The van der Waals surface area contributed by atoms with Crippen LogP contribution in [-0.4, -0.2) is 5.91 Å². The molecule has 0 bridgehead atoms. The van der Waals surface area contributed by atoms with Gasteiger partial charge in [0.25, 0.3) is 5.91 Å². The van der Waals surface area contributed by atoms with E-state index in [4.69, 9.17) is 10.2 Å². The molecule has 18 heavy (non-hydrogen) atoms. The standard InChI is InChI=1S/C13H13FN2O2/c1-2-8-6-7-11(18-8)13(17)16-12-9(14)4-3-5-10(12)15/h3-7H,2,15H2,1H3,(H,16,17). The van der Waals surface area contributed by atoms with E-state index in [1.807, 2.05) is 6.92 Å². The number of rotatable bonds is 3. The molecule has 0 fully saturated rings. The first kappa shape index (κ1) is 12.2. The fourth-order valence-corrected chi connectivity index (χ4v) is 1.54. The monoisotopic (exact) mass is 248 g/mol. The Hall–Kier alpha value is -2.30. The van der Waals surface area contributed by atoms with E-state index in [1.54, 1.807) is 12.1 Å². The minimum absolute atomic E-state index is 0.0306. The van der Waals surface area contributed by atoms with Crippen LogP contribution in [0.3, 0.4) is 0 Å². The number of nitrogens with one attached hydrogen (secondary N) is 1. The van der Waals surface area contributed by atoms with Gasteiger partial charge in [-0.2, -0.15) is 0 Å². The van der Waals surface area contributed by atoms with Crippen molar-refractivity contribution < 1.29 is 13.6 Å². The molecule has 0 unspecified atom stereocenters. The number of carbonyl (C=O) groups is 1. The smallest absolute Gasteiger partial charge is 0.291 e. The minimum Gasteiger partial charge on any atom is -0.456 e. The summed E-state index contributed by atoms with van der Waals surface area (Å²) in [5.74, 6) is -0.270. The Morgan fingerprint density at radius 2 is 2.17 bits per heavy atom. The van der Waals surface area contributed by atoms with Crippen molar-refractivity contribution in [2.75, 3.05) is 11.1 Å². The first-order valence-electron chi connectivity index (χ1n) is 5.56. The molecule has 0 aliphatic rings. The number of aryl methyl sites for hydroxylation is 1. The Morgan fingerprint density at radius 1 is 1.39 bits per heavy atom. The first-order chi connectivity index (χ1) is 8.61. The highest BCUT2D eigenvalue weighted by Gasteiger charge is 2.14. The fourth-order valence-electron chi connectivity index (χ4n) is 1.54. The van der Waals surface area contributed by atoms with E-state index in [1.165, 1.54) is 18.2 Å². The maximum absolute atomic E-state index is 13.5. The number of nitrogens with two attached hydrogens (primary N) is 1. The normalized spacial score (nSPS) is 10.3. The zero-order valence-corrected chi connectivity index (χ0v) is 9.87. The molecular weight excluding hydrogens is 235 g/mol. The van der Waals surface area contributed by atoms with Crippen molar-refractivity contribution in [3.8, 4) is 0 Å². The molecule has 2 aromatic rings. The molecule has 1 amide bonds. The Labute approximate surface area is 104 Å². The Bertz CT molecular complexity index is 558. The number of para-hydroxylation sites is 1. The summed E-state index contributed by atoms with van der Waals surface area (Å²) in [4.78, 5) is 11.8. The molecule has 0 aliphatic carbocycles. The number of halogens is 1. The van der Waals surface area contributed by atoms with E-state index in [0.29, 0.717) is 12.2 Å². The van der Waals surface area contributed by atoms with Crippen molar-refractivity contribution in [1.29, 1.82) is 0 Å². The third kappa shape index (κ3) is 2.34. The minimum atomic E-state index is -0.578. The zero-order valence-electron chi connectivity index (χ0n) is 9.87. The maximum Gasteiger partial charge on any atom is 0.291 e. The molecule has 4 nitrogen and oxygen atoms in total. The van der Waals surface area contributed by atoms with Crippen LogP contribution in [0.25, 0.3) is 0 Å². The molecule has 5 heteroatoms. The molecule has 0 saturated carbocycles. The molecule has 94 valence electrons. The van der Waals surface area contributed by atoms with E-state index in [-0.39, 0.29) is 17.1 Å². The van der Waals surface area contributed by atoms with Crippen molar-refractivity contribution in [1.82, 2.24) is 0 Å². The van der Waals surface area contributed by atoms with Gasteiger partial charge in [0.2, 0.25) is 0 Å². The van der Waals surface area contributed by atoms with Gasteiger partial charge in [-0.3, -0.25) is 4.79 Å². The SMILES string of the molecule is CCc1ccc(C(=O)Nc2c(N)cccc2F)o1. The largest absolute Gasteiger partial charge is 0.456 e. The molecule has 3 N–H and O–H groups in total. The number of carbonyl (C=O) groups excluding carboxylic acids is 1. The highest BCUT2D eigenvalue weighted by Crippen LogP contribution is 2.22. The third-order valence-corrected chi connectivity index (χ3v) is 2.52. The number of anilines is 2.